The highest BCUT2D eigenvalue weighted by Crippen LogP contribution is 2.24. The van der Waals surface area contributed by atoms with Gasteiger partial charge in [-0.15, -0.1) is 0 Å². The van der Waals surface area contributed by atoms with Crippen molar-refractivity contribution in [1.29, 1.82) is 0 Å². The second-order valence-electron chi connectivity index (χ2n) is 5.04. The van der Waals surface area contributed by atoms with Crippen LogP contribution >= 0.6 is 23.2 Å². The summed E-state index contributed by atoms with van der Waals surface area (Å²) < 4.78 is 0. The van der Waals surface area contributed by atoms with E-state index >= 15 is 0 Å². The number of rotatable bonds is 4. The summed E-state index contributed by atoms with van der Waals surface area (Å²) in [5, 5.41) is 14.3. The number of aliphatic hydroxyl groups excluding tert-OH is 1. The van der Waals surface area contributed by atoms with Gasteiger partial charge >= 0.3 is 0 Å². The molecule has 2 nitrogen and oxygen atoms in total. The average molecular weight is 288 g/mol. The summed E-state index contributed by atoms with van der Waals surface area (Å²) in [6, 6.07) is 5.60. The van der Waals surface area contributed by atoms with Crippen LogP contribution < -0.4 is 5.32 Å². The van der Waals surface area contributed by atoms with Crippen molar-refractivity contribution in [2.24, 2.45) is 5.92 Å². The average Bonchev–Trinajstić information content (AvgIpc) is 2.34. The molecule has 1 aliphatic rings. The minimum absolute atomic E-state index is 0.0769. The maximum absolute atomic E-state index is 9.44. The number of benzene rings is 1. The van der Waals surface area contributed by atoms with Crippen LogP contribution in [0.4, 0.5) is 0 Å². The zero-order valence-electron chi connectivity index (χ0n) is 10.3. The number of aliphatic hydroxyl groups is 1. The summed E-state index contributed by atoms with van der Waals surface area (Å²) in [7, 11) is 0. The Labute approximate surface area is 118 Å². The second-order valence-corrected chi connectivity index (χ2v) is 5.88. The van der Waals surface area contributed by atoms with Gasteiger partial charge in [0.1, 0.15) is 0 Å². The Morgan fingerprint density at radius 2 is 1.89 bits per heavy atom. The van der Waals surface area contributed by atoms with E-state index in [0.29, 0.717) is 16.0 Å². The van der Waals surface area contributed by atoms with E-state index in [1.807, 2.05) is 12.1 Å². The molecule has 1 saturated carbocycles. The summed E-state index contributed by atoms with van der Waals surface area (Å²) in [4.78, 5) is 0. The number of nitrogens with one attached hydrogen (secondary N) is 1. The Morgan fingerprint density at radius 1 is 1.17 bits per heavy atom. The van der Waals surface area contributed by atoms with Crippen molar-refractivity contribution in [3.63, 3.8) is 0 Å². The third kappa shape index (κ3) is 4.13. The van der Waals surface area contributed by atoms with E-state index in [4.69, 9.17) is 23.2 Å². The quantitative estimate of drug-likeness (QED) is 0.886. The molecule has 0 bridgehead atoms. The van der Waals surface area contributed by atoms with E-state index in [1.54, 1.807) is 6.07 Å². The molecule has 18 heavy (non-hydrogen) atoms. The van der Waals surface area contributed by atoms with Crippen LogP contribution in [0.1, 0.15) is 31.2 Å². The van der Waals surface area contributed by atoms with Gasteiger partial charge < -0.3 is 10.4 Å². The van der Waals surface area contributed by atoms with E-state index in [-0.39, 0.29) is 6.10 Å². The Balaban J connectivity index is 1.75. The molecule has 0 atom stereocenters. The van der Waals surface area contributed by atoms with Gasteiger partial charge in [0, 0.05) is 16.6 Å². The van der Waals surface area contributed by atoms with Gasteiger partial charge in [-0.05, 0) is 55.8 Å². The maximum Gasteiger partial charge on any atom is 0.0540 e. The highest BCUT2D eigenvalue weighted by molar-refractivity contribution is 6.35. The van der Waals surface area contributed by atoms with Crippen LogP contribution in [-0.2, 0) is 6.54 Å². The lowest BCUT2D eigenvalue weighted by Crippen LogP contribution is -2.27. The monoisotopic (exact) mass is 287 g/mol. The first-order valence-electron chi connectivity index (χ1n) is 6.48. The molecule has 0 saturated heterocycles. The highest BCUT2D eigenvalue weighted by atomic mass is 35.5. The Hall–Kier alpha value is -0.280. The van der Waals surface area contributed by atoms with Gasteiger partial charge in [0.05, 0.1) is 6.10 Å². The first kappa shape index (κ1) is 14.1. The minimum atomic E-state index is -0.0769. The zero-order chi connectivity index (χ0) is 13.0. The molecule has 0 radical (unpaired) electrons. The molecule has 4 heteroatoms. The third-order valence-electron chi connectivity index (χ3n) is 3.58. The SMILES string of the molecule is OC1CCC(CNCc2ccc(Cl)cc2Cl)CC1. The van der Waals surface area contributed by atoms with Crippen LogP contribution in [0.5, 0.6) is 0 Å². The molecule has 2 rings (SSSR count). The molecule has 1 fully saturated rings. The van der Waals surface area contributed by atoms with Crippen molar-refractivity contribution >= 4 is 23.2 Å². The number of hydrogen-bond acceptors (Lipinski definition) is 2. The van der Waals surface area contributed by atoms with Gasteiger partial charge in [-0.3, -0.25) is 0 Å². The van der Waals surface area contributed by atoms with Crippen molar-refractivity contribution in [2.75, 3.05) is 6.54 Å². The fourth-order valence-corrected chi connectivity index (χ4v) is 2.90. The topological polar surface area (TPSA) is 32.3 Å². The van der Waals surface area contributed by atoms with Crippen molar-refractivity contribution in [3.8, 4) is 0 Å². The van der Waals surface area contributed by atoms with Crippen LogP contribution in [0, 0.1) is 5.92 Å². The molecule has 0 aliphatic heterocycles. The Morgan fingerprint density at radius 3 is 2.56 bits per heavy atom. The van der Waals surface area contributed by atoms with Gasteiger partial charge in [0.15, 0.2) is 0 Å². The van der Waals surface area contributed by atoms with E-state index in [9.17, 15) is 5.11 Å². The molecule has 100 valence electrons. The second kappa shape index (κ2) is 6.76. The van der Waals surface area contributed by atoms with Gasteiger partial charge in [-0.1, -0.05) is 29.3 Å². The molecule has 1 aromatic rings. The van der Waals surface area contributed by atoms with Crippen LogP contribution in [-0.4, -0.2) is 17.8 Å². The smallest absolute Gasteiger partial charge is 0.0540 e. The third-order valence-corrected chi connectivity index (χ3v) is 4.17. The molecule has 0 spiro atoms. The van der Waals surface area contributed by atoms with Crippen LogP contribution in [0.3, 0.4) is 0 Å². The lowest BCUT2D eigenvalue weighted by molar-refractivity contribution is 0.108. The highest BCUT2D eigenvalue weighted by Gasteiger charge is 2.18. The molecule has 0 aromatic heterocycles. The first-order valence-corrected chi connectivity index (χ1v) is 7.23. The Bertz CT molecular complexity index is 389. The van der Waals surface area contributed by atoms with Gasteiger partial charge in [0.25, 0.3) is 0 Å². The fourth-order valence-electron chi connectivity index (χ4n) is 2.42. The van der Waals surface area contributed by atoms with Crippen molar-refractivity contribution in [2.45, 2.75) is 38.3 Å². The zero-order valence-corrected chi connectivity index (χ0v) is 11.8. The lowest BCUT2D eigenvalue weighted by Gasteiger charge is -2.25. The van der Waals surface area contributed by atoms with Crippen LogP contribution in [0.25, 0.3) is 0 Å². The Kier molecular flexibility index (Phi) is 5.31. The molecule has 1 aliphatic carbocycles. The number of halogens is 2. The van der Waals surface area contributed by atoms with E-state index in [0.717, 1.165) is 44.3 Å². The van der Waals surface area contributed by atoms with Crippen LogP contribution in [0.15, 0.2) is 18.2 Å². The van der Waals surface area contributed by atoms with Crippen LogP contribution in [0.2, 0.25) is 10.0 Å². The van der Waals surface area contributed by atoms with Gasteiger partial charge in [-0.25, -0.2) is 0 Å². The van der Waals surface area contributed by atoms with Crippen molar-refractivity contribution < 1.29 is 5.11 Å². The molecule has 0 heterocycles. The summed E-state index contributed by atoms with van der Waals surface area (Å²) in [6.45, 7) is 1.76. The molecule has 1 aromatic carbocycles. The van der Waals surface area contributed by atoms with Gasteiger partial charge in [0.2, 0.25) is 0 Å². The van der Waals surface area contributed by atoms with E-state index in [1.165, 1.54) is 0 Å². The summed E-state index contributed by atoms with van der Waals surface area (Å²) in [5.74, 6) is 0.680. The summed E-state index contributed by atoms with van der Waals surface area (Å²) >= 11 is 12.0. The standard InChI is InChI=1S/C14H19Cl2NO/c15-12-4-3-11(14(16)7-12)9-17-8-10-1-5-13(18)6-2-10/h3-4,7,10,13,17-18H,1-2,5-6,8-9H2. The summed E-state index contributed by atoms with van der Waals surface area (Å²) in [6.07, 6.45) is 4.03. The molecule has 2 N–H and O–H groups in total. The van der Waals surface area contributed by atoms with Crippen molar-refractivity contribution in [1.82, 2.24) is 5.32 Å². The lowest BCUT2D eigenvalue weighted by atomic mass is 9.87. The molecular weight excluding hydrogens is 269 g/mol. The predicted molar refractivity (Wildman–Crippen MR) is 76.1 cm³/mol. The van der Waals surface area contributed by atoms with Gasteiger partial charge in [-0.2, -0.15) is 0 Å². The normalized spacial score (nSPS) is 24.2. The fraction of sp³-hybridized carbons (Fsp3) is 0.571. The molecule has 0 amide bonds. The molecule has 0 unspecified atom stereocenters. The minimum Gasteiger partial charge on any atom is -0.393 e. The van der Waals surface area contributed by atoms with Crippen molar-refractivity contribution in [3.05, 3.63) is 33.8 Å². The maximum atomic E-state index is 9.44. The predicted octanol–water partition coefficient (Wildman–Crippen LogP) is 3.63. The largest absolute Gasteiger partial charge is 0.393 e. The van der Waals surface area contributed by atoms with E-state index < -0.39 is 0 Å². The number of hydrogen-bond donors (Lipinski definition) is 2. The van der Waals surface area contributed by atoms with E-state index in [2.05, 4.69) is 5.32 Å². The first-order chi connectivity index (χ1) is 8.65. The summed E-state index contributed by atoms with van der Waals surface area (Å²) in [5.41, 5.74) is 1.08. The molecular formula is C14H19Cl2NO.